The average molecular weight is 243 g/mol. The number of unbranched alkanes of at least 4 members (excludes halogenated alkanes) is 2. The number of carbonyl (C=O) groups is 1. The Morgan fingerprint density at radius 3 is 2.94 bits per heavy atom. The van der Waals surface area contributed by atoms with E-state index in [4.69, 9.17) is 5.11 Å². The van der Waals surface area contributed by atoms with Crippen molar-refractivity contribution < 1.29 is 9.90 Å². The number of aliphatic hydroxyl groups excluding tert-OH is 1. The minimum absolute atomic E-state index is 0.121. The van der Waals surface area contributed by atoms with Crippen LogP contribution in [0.1, 0.15) is 25.7 Å². The molecule has 0 spiro atoms. The second-order valence-electron chi connectivity index (χ2n) is 4.51. The van der Waals surface area contributed by atoms with Gasteiger partial charge in [0.1, 0.15) is 0 Å². The van der Waals surface area contributed by atoms with Crippen molar-refractivity contribution in [2.75, 3.05) is 45.9 Å². The lowest BCUT2D eigenvalue weighted by molar-refractivity contribution is -0.122. The first-order valence-electron chi connectivity index (χ1n) is 6.63. The van der Waals surface area contributed by atoms with Gasteiger partial charge in [0.05, 0.1) is 6.54 Å². The molecule has 100 valence electrons. The summed E-state index contributed by atoms with van der Waals surface area (Å²) in [5.74, 6) is 0.121. The quantitative estimate of drug-likeness (QED) is 0.531. The van der Waals surface area contributed by atoms with Crippen molar-refractivity contribution in [2.24, 2.45) is 0 Å². The number of amides is 1. The van der Waals surface area contributed by atoms with E-state index in [-0.39, 0.29) is 12.5 Å². The zero-order chi connectivity index (χ0) is 12.3. The fourth-order valence-electron chi connectivity index (χ4n) is 1.96. The van der Waals surface area contributed by atoms with E-state index >= 15 is 0 Å². The number of nitrogens with one attached hydrogen (secondary N) is 2. The first-order valence-corrected chi connectivity index (χ1v) is 6.63. The number of hydrogen-bond donors (Lipinski definition) is 3. The summed E-state index contributed by atoms with van der Waals surface area (Å²) in [7, 11) is 0. The van der Waals surface area contributed by atoms with Crippen LogP contribution in [0.4, 0.5) is 0 Å². The predicted molar refractivity (Wildman–Crippen MR) is 67.9 cm³/mol. The summed E-state index contributed by atoms with van der Waals surface area (Å²) >= 11 is 0. The summed E-state index contributed by atoms with van der Waals surface area (Å²) in [5, 5.41) is 14.9. The number of rotatable bonds is 7. The van der Waals surface area contributed by atoms with Gasteiger partial charge in [-0.25, -0.2) is 0 Å². The summed E-state index contributed by atoms with van der Waals surface area (Å²) < 4.78 is 0. The Labute approximate surface area is 104 Å². The molecule has 0 bridgehead atoms. The molecule has 1 heterocycles. The van der Waals surface area contributed by atoms with Crippen LogP contribution in [0.15, 0.2) is 0 Å². The molecule has 0 aliphatic carbocycles. The van der Waals surface area contributed by atoms with Gasteiger partial charge in [0, 0.05) is 26.2 Å². The topological polar surface area (TPSA) is 64.6 Å². The van der Waals surface area contributed by atoms with Gasteiger partial charge in [-0.1, -0.05) is 0 Å². The summed E-state index contributed by atoms with van der Waals surface area (Å²) in [5.41, 5.74) is 0. The van der Waals surface area contributed by atoms with Crippen LogP contribution in [0.2, 0.25) is 0 Å². The largest absolute Gasteiger partial charge is 0.396 e. The highest BCUT2D eigenvalue weighted by Gasteiger charge is 2.11. The van der Waals surface area contributed by atoms with Gasteiger partial charge in [-0.15, -0.1) is 0 Å². The molecular formula is C12H25N3O2. The van der Waals surface area contributed by atoms with Gasteiger partial charge < -0.3 is 15.7 Å². The van der Waals surface area contributed by atoms with Crippen molar-refractivity contribution in [3.63, 3.8) is 0 Å². The van der Waals surface area contributed by atoms with E-state index in [1.165, 1.54) is 0 Å². The van der Waals surface area contributed by atoms with Gasteiger partial charge in [-0.05, 0) is 38.8 Å². The molecule has 0 unspecified atom stereocenters. The fourth-order valence-corrected chi connectivity index (χ4v) is 1.96. The summed E-state index contributed by atoms with van der Waals surface area (Å²) in [6.45, 7) is 5.48. The Morgan fingerprint density at radius 2 is 2.12 bits per heavy atom. The van der Waals surface area contributed by atoms with Gasteiger partial charge in [0.25, 0.3) is 0 Å². The highest BCUT2D eigenvalue weighted by Crippen LogP contribution is 1.95. The highest BCUT2D eigenvalue weighted by molar-refractivity contribution is 5.77. The van der Waals surface area contributed by atoms with E-state index in [2.05, 4.69) is 15.5 Å². The van der Waals surface area contributed by atoms with E-state index in [0.29, 0.717) is 6.54 Å². The fraction of sp³-hybridized carbons (Fsp3) is 0.917. The third-order valence-corrected chi connectivity index (χ3v) is 2.96. The average Bonchev–Trinajstić information content (AvgIpc) is 2.57. The van der Waals surface area contributed by atoms with Crippen molar-refractivity contribution in [1.82, 2.24) is 15.5 Å². The van der Waals surface area contributed by atoms with Crippen molar-refractivity contribution in [3.05, 3.63) is 0 Å². The maximum atomic E-state index is 11.6. The molecule has 0 saturated carbocycles. The van der Waals surface area contributed by atoms with Crippen LogP contribution in [0.3, 0.4) is 0 Å². The molecule has 1 aliphatic rings. The molecular weight excluding hydrogens is 218 g/mol. The van der Waals surface area contributed by atoms with Crippen LogP contribution < -0.4 is 10.6 Å². The summed E-state index contributed by atoms with van der Waals surface area (Å²) in [6.07, 6.45) is 3.87. The SMILES string of the molecule is O=C(CN1CCCNCC1)NCCCCCO. The van der Waals surface area contributed by atoms with E-state index in [0.717, 1.165) is 58.4 Å². The Kier molecular flexibility index (Phi) is 7.96. The van der Waals surface area contributed by atoms with Gasteiger partial charge >= 0.3 is 0 Å². The van der Waals surface area contributed by atoms with Crippen molar-refractivity contribution in [2.45, 2.75) is 25.7 Å². The third kappa shape index (κ3) is 7.31. The molecule has 3 N–H and O–H groups in total. The molecule has 1 rings (SSSR count). The number of aliphatic hydroxyl groups is 1. The zero-order valence-corrected chi connectivity index (χ0v) is 10.6. The zero-order valence-electron chi connectivity index (χ0n) is 10.6. The molecule has 5 nitrogen and oxygen atoms in total. The third-order valence-electron chi connectivity index (χ3n) is 2.96. The van der Waals surface area contributed by atoms with Crippen LogP contribution in [0.25, 0.3) is 0 Å². The lowest BCUT2D eigenvalue weighted by atomic mass is 10.2. The van der Waals surface area contributed by atoms with E-state index < -0.39 is 0 Å². The van der Waals surface area contributed by atoms with Crippen LogP contribution in [-0.4, -0.2) is 61.8 Å². The standard InChI is InChI=1S/C12H25N3O2/c16-10-3-1-2-6-14-12(17)11-15-8-4-5-13-7-9-15/h13,16H,1-11H2,(H,14,17). The van der Waals surface area contributed by atoms with E-state index in [9.17, 15) is 4.79 Å². The molecule has 1 aliphatic heterocycles. The van der Waals surface area contributed by atoms with Gasteiger partial charge in [0.2, 0.25) is 5.91 Å². The Hall–Kier alpha value is -0.650. The van der Waals surface area contributed by atoms with Gasteiger partial charge in [-0.2, -0.15) is 0 Å². The van der Waals surface area contributed by atoms with E-state index in [1.807, 2.05) is 0 Å². The highest BCUT2D eigenvalue weighted by atomic mass is 16.2. The normalized spacial score (nSPS) is 17.7. The lowest BCUT2D eigenvalue weighted by Gasteiger charge is -2.18. The van der Waals surface area contributed by atoms with Crippen molar-refractivity contribution in [3.8, 4) is 0 Å². The minimum atomic E-state index is 0.121. The molecule has 17 heavy (non-hydrogen) atoms. The molecule has 0 aromatic heterocycles. The maximum Gasteiger partial charge on any atom is 0.234 e. The second-order valence-corrected chi connectivity index (χ2v) is 4.51. The molecule has 1 fully saturated rings. The van der Waals surface area contributed by atoms with E-state index in [1.54, 1.807) is 0 Å². The monoisotopic (exact) mass is 243 g/mol. The first-order chi connectivity index (χ1) is 8.33. The summed E-state index contributed by atoms with van der Waals surface area (Å²) in [4.78, 5) is 13.8. The Morgan fingerprint density at radius 1 is 1.24 bits per heavy atom. The minimum Gasteiger partial charge on any atom is -0.396 e. The molecule has 0 radical (unpaired) electrons. The Balaban J connectivity index is 2.03. The van der Waals surface area contributed by atoms with Crippen LogP contribution in [0.5, 0.6) is 0 Å². The second kappa shape index (κ2) is 9.39. The van der Waals surface area contributed by atoms with Crippen LogP contribution in [-0.2, 0) is 4.79 Å². The van der Waals surface area contributed by atoms with Crippen molar-refractivity contribution >= 4 is 5.91 Å². The molecule has 0 aromatic rings. The van der Waals surface area contributed by atoms with Crippen LogP contribution in [0, 0.1) is 0 Å². The first kappa shape index (κ1) is 14.4. The maximum absolute atomic E-state index is 11.6. The lowest BCUT2D eigenvalue weighted by Crippen LogP contribution is -2.39. The summed E-state index contributed by atoms with van der Waals surface area (Å²) in [6, 6.07) is 0. The van der Waals surface area contributed by atoms with Crippen molar-refractivity contribution in [1.29, 1.82) is 0 Å². The number of nitrogens with zero attached hydrogens (tertiary/aromatic N) is 1. The van der Waals surface area contributed by atoms with Crippen LogP contribution >= 0.6 is 0 Å². The number of hydrogen-bond acceptors (Lipinski definition) is 4. The van der Waals surface area contributed by atoms with Gasteiger partial charge in [-0.3, -0.25) is 9.69 Å². The number of carbonyl (C=O) groups excluding carboxylic acids is 1. The predicted octanol–water partition coefficient (Wildman–Crippen LogP) is -0.439. The molecule has 0 aromatic carbocycles. The molecule has 1 saturated heterocycles. The smallest absolute Gasteiger partial charge is 0.234 e. The Bertz CT molecular complexity index is 204. The molecule has 5 heteroatoms. The molecule has 0 atom stereocenters. The van der Waals surface area contributed by atoms with Gasteiger partial charge in [0.15, 0.2) is 0 Å². The molecule has 1 amide bonds.